The van der Waals surface area contributed by atoms with Gasteiger partial charge in [-0.1, -0.05) is 19.3 Å². The van der Waals surface area contributed by atoms with Crippen molar-refractivity contribution in [2.24, 2.45) is 0 Å². The first-order valence-corrected chi connectivity index (χ1v) is 5.71. The number of esters is 1. The molecule has 4 nitrogen and oxygen atoms in total. The van der Waals surface area contributed by atoms with E-state index in [4.69, 9.17) is 0 Å². The van der Waals surface area contributed by atoms with Crippen LogP contribution in [0.3, 0.4) is 0 Å². The average molecular weight is 220 g/mol. The van der Waals surface area contributed by atoms with Gasteiger partial charge in [-0.25, -0.2) is 9.78 Å². The van der Waals surface area contributed by atoms with Crippen LogP contribution in [0.2, 0.25) is 0 Å². The van der Waals surface area contributed by atoms with Crippen LogP contribution in [0.25, 0.3) is 0 Å². The van der Waals surface area contributed by atoms with Crippen LogP contribution in [0, 0.1) is 0 Å². The number of rotatable bonds is 2. The fourth-order valence-corrected chi connectivity index (χ4v) is 2.16. The van der Waals surface area contributed by atoms with Crippen LogP contribution in [-0.4, -0.2) is 23.0 Å². The zero-order chi connectivity index (χ0) is 11.4. The van der Waals surface area contributed by atoms with Gasteiger partial charge >= 0.3 is 5.97 Å². The zero-order valence-electron chi connectivity index (χ0n) is 9.48. The van der Waals surface area contributed by atoms with Gasteiger partial charge in [0.15, 0.2) is 5.69 Å². The number of hydrogen-bond donors (Lipinski definition) is 0. The molecule has 16 heavy (non-hydrogen) atoms. The Kier molecular flexibility index (Phi) is 3.49. The van der Waals surface area contributed by atoms with Crippen molar-refractivity contribution in [3.8, 4) is 0 Å². The van der Waals surface area contributed by atoms with Gasteiger partial charge in [0, 0.05) is 12.1 Å². The van der Waals surface area contributed by atoms with E-state index in [2.05, 4.69) is 14.7 Å². The molecule has 1 saturated carbocycles. The molecule has 0 saturated heterocycles. The molecule has 0 N–H and O–H groups in total. The fourth-order valence-electron chi connectivity index (χ4n) is 2.16. The topological polar surface area (TPSA) is 52.1 Å². The first-order valence-electron chi connectivity index (χ1n) is 5.71. The van der Waals surface area contributed by atoms with Crippen LogP contribution in [0.15, 0.2) is 12.4 Å². The van der Waals surface area contributed by atoms with Crippen LogP contribution in [0.1, 0.15) is 54.2 Å². The maximum Gasteiger partial charge on any atom is 0.358 e. The van der Waals surface area contributed by atoms with Crippen LogP contribution in [0.4, 0.5) is 0 Å². The molecular formula is C12H16N2O2. The Hall–Kier alpha value is -1.45. The summed E-state index contributed by atoms with van der Waals surface area (Å²) in [6.45, 7) is 0. The van der Waals surface area contributed by atoms with Crippen LogP contribution < -0.4 is 0 Å². The van der Waals surface area contributed by atoms with Gasteiger partial charge in [0.2, 0.25) is 0 Å². The molecule has 0 aliphatic heterocycles. The Labute approximate surface area is 95.1 Å². The number of carbonyl (C=O) groups excluding carboxylic acids is 1. The second kappa shape index (κ2) is 5.05. The summed E-state index contributed by atoms with van der Waals surface area (Å²) in [5.74, 6) is 0.0932. The molecule has 0 aromatic carbocycles. The van der Waals surface area contributed by atoms with Gasteiger partial charge < -0.3 is 4.74 Å². The van der Waals surface area contributed by atoms with E-state index in [1.165, 1.54) is 45.4 Å². The summed E-state index contributed by atoms with van der Waals surface area (Å²) >= 11 is 0. The lowest BCUT2D eigenvalue weighted by molar-refractivity contribution is 0.0593. The highest BCUT2D eigenvalue weighted by molar-refractivity contribution is 5.86. The highest BCUT2D eigenvalue weighted by Gasteiger charge is 2.17. The molecule has 1 aromatic heterocycles. The van der Waals surface area contributed by atoms with E-state index in [1.54, 1.807) is 6.20 Å². The lowest BCUT2D eigenvalue weighted by Crippen LogP contribution is -2.10. The third-order valence-corrected chi connectivity index (χ3v) is 3.09. The highest BCUT2D eigenvalue weighted by Crippen LogP contribution is 2.30. The molecule has 0 bridgehead atoms. The van der Waals surface area contributed by atoms with Gasteiger partial charge in [-0.3, -0.25) is 4.98 Å². The molecule has 0 spiro atoms. The molecule has 2 rings (SSSR count). The average Bonchev–Trinajstić information content (AvgIpc) is 2.39. The molecule has 1 fully saturated rings. The van der Waals surface area contributed by atoms with Crippen molar-refractivity contribution in [3.63, 3.8) is 0 Å². The summed E-state index contributed by atoms with van der Waals surface area (Å²) in [6.07, 6.45) is 9.46. The molecule has 1 heterocycles. The second-order valence-electron chi connectivity index (χ2n) is 4.15. The van der Waals surface area contributed by atoms with Gasteiger partial charge in [0.25, 0.3) is 0 Å². The SMILES string of the molecule is COC(=O)c1cnc(C2CCCCC2)cn1. The van der Waals surface area contributed by atoms with E-state index in [0.29, 0.717) is 5.92 Å². The summed E-state index contributed by atoms with van der Waals surface area (Å²) in [4.78, 5) is 19.6. The Morgan fingerprint density at radius 1 is 1.25 bits per heavy atom. The van der Waals surface area contributed by atoms with Crippen LogP contribution >= 0.6 is 0 Å². The summed E-state index contributed by atoms with van der Waals surface area (Å²) in [6, 6.07) is 0. The highest BCUT2D eigenvalue weighted by atomic mass is 16.5. The Balaban J connectivity index is 2.09. The third kappa shape index (κ3) is 2.38. The summed E-state index contributed by atoms with van der Waals surface area (Å²) in [7, 11) is 1.35. The van der Waals surface area contributed by atoms with E-state index in [-0.39, 0.29) is 5.69 Å². The number of ether oxygens (including phenoxy) is 1. The van der Waals surface area contributed by atoms with E-state index in [0.717, 1.165) is 5.69 Å². The molecule has 0 unspecified atom stereocenters. The Morgan fingerprint density at radius 2 is 2.00 bits per heavy atom. The van der Waals surface area contributed by atoms with Crippen LogP contribution in [0.5, 0.6) is 0 Å². The van der Waals surface area contributed by atoms with E-state index in [1.807, 2.05) is 0 Å². The van der Waals surface area contributed by atoms with Gasteiger partial charge in [0.05, 0.1) is 19.0 Å². The standard InChI is InChI=1S/C12H16N2O2/c1-16-12(15)11-8-13-10(7-14-11)9-5-3-2-4-6-9/h7-9H,2-6H2,1H3. The normalized spacial score (nSPS) is 17.1. The van der Waals surface area contributed by atoms with Crippen molar-refractivity contribution in [1.29, 1.82) is 0 Å². The molecule has 0 atom stereocenters. The zero-order valence-corrected chi connectivity index (χ0v) is 9.48. The van der Waals surface area contributed by atoms with Crippen molar-refractivity contribution in [2.75, 3.05) is 7.11 Å². The second-order valence-corrected chi connectivity index (χ2v) is 4.15. The molecule has 0 radical (unpaired) electrons. The minimum atomic E-state index is -0.428. The predicted molar refractivity (Wildman–Crippen MR) is 59.2 cm³/mol. The number of carbonyl (C=O) groups is 1. The fraction of sp³-hybridized carbons (Fsp3) is 0.583. The number of methoxy groups -OCH3 is 1. The molecular weight excluding hydrogens is 204 g/mol. The Morgan fingerprint density at radius 3 is 2.56 bits per heavy atom. The lowest BCUT2D eigenvalue weighted by atomic mass is 9.87. The van der Waals surface area contributed by atoms with Gasteiger partial charge in [-0.15, -0.1) is 0 Å². The first-order chi connectivity index (χ1) is 7.81. The number of nitrogens with zero attached hydrogens (tertiary/aromatic N) is 2. The summed E-state index contributed by atoms with van der Waals surface area (Å²) < 4.78 is 4.58. The quantitative estimate of drug-likeness (QED) is 0.718. The number of aromatic nitrogens is 2. The minimum Gasteiger partial charge on any atom is -0.464 e. The molecule has 0 amide bonds. The summed E-state index contributed by atoms with van der Waals surface area (Å²) in [5.41, 5.74) is 1.29. The lowest BCUT2D eigenvalue weighted by Gasteiger charge is -2.20. The van der Waals surface area contributed by atoms with E-state index in [9.17, 15) is 4.79 Å². The molecule has 1 aliphatic rings. The third-order valence-electron chi connectivity index (χ3n) is 3.09. The minimum absolute atomic E-state index is 0.280. The maximum absolute atomic E-state index is 11.2. The van der Waals surface area contributed by atoms with E-state index >= 15 is 0 Å². The van der Waals surface area contributed by atoms with Gasteiger partial charge in [-0.05, 0) is 12.8 Å². The molecule has 1 aliphatic carbocycles. The number of hydrogen-bond acceptors (Lipinski definition) is 4. The van der Waals surface area contributed by atoms with Crippen molar-refractivity contribution < 1.29 is 9.53 Å². The first kappa shape index (κ1) is 11.0. The van der Waals surface area contributed by atoms with Gasteiger partial charge in [0.1, 0.15) is 0 Å². The molecule has 86 valence electrons. The van der Waals surface area contributed by atoms with Crippen molar-refractivity contribution >= 4 is 5.97 Å². The molecule has 4 heteroatoms. The van der Waals surface area contributed by atoms with E-state index < -0.39 is 5.97 Å². The van der Waals surface area contributed by atoms with Crippen molar-refractivity contribution in [3.05, 3.63) is 23.8 Å². The Bertz CT molecular complexity index is 356. The predicted octanol–water partition coefficient (Wildman–Crippen LogP) is 2.31. The van der Waals surface area contributed by atoms with Gasteiger partial charge in [-0.2, -0.15) is 0 Å². The summed E-state index contributed by atoms with van der Waals surface area (Å²) in [5, 5.41) is 0. The van der Waals surface area contributed by atoms with Crippen molar-refractivity contribution in [1.82, 2.24) is 9.97 Å². The van der Waals surface area contributed by atoms with Crippen LogP contribution in [-0.2, 0) is 4.74 Å². The maximum atomic E-state index is 11.2. The largest absolute Gasteiger partial charge is 0.464 e. The smallest absolute Gasteiger partial charge is 0.358 e. The van der Waals surface area contributed by atoms with Crippen molar-refractivity contribution in [2.45, 2.75) is 38.0 Å². The monoisotopic (exact) mass is 220 g/mol. The molecule has 1 aromatic rings.